The summed E-state index contributed by atoms with van der Waals surface area (Å²) in [6, 6.07) is 2.26. The van der Waals surface area contributed by atoms with Crippen LogP contribution in [0.1, 0.15) is 48.6 Å². The molecule has 1 saturated heterocycles. The van der Waals surface area contributed by atoms with Gasteiger partial charge in [0.05, 0.1) is 7.11 Å². The number of ether oxygens (including phenoxy) is 1. The van der Waals surface area contributed by atoms with E-state index in [1.54, 1.807) is 13.0 Å². The second-order valence-corrected chi connectivity index (χ2v) is 6.17. The highest BCUT2D eigenvalue weighted by Crippen LogP contribution is 2.17. The van der Waals surface area contributed by atoms with Crippen LogP contribution in [0.2, 0.25) is 0 Å². The largest absolute Gasteiger partial charge is 0.465 e. The van der Waals surface area contributed by atoms with Crippen LogP contribution in [0.5, 0.6) is 0 Å². The van der Waals surface area contributed by atoms with Gasteiger partial charge in [-0.25, -0.2) is 9.79 Å². The number of esters is 1. The summed E-state index contributed by atoms with van der Waals surface area (Å²) in [5.74, 6) is 1.58. The Labute approximate surface area is 173 Å². The molecule has 1 aliphatic heterocycles. The molecular weight excluding hydrogens is 447 g/mol. The van der Waals surface area contributed by atoms with Gasteiger partial charge in [0.15, 0.2) is 5.96 Å². The number of likely N-dealkylation sites (N-methyl/N-ethyl adjacent to an activating group) is 1. The Morgan fingerprint density at radius 2 is 2.19 bits per heavy atom. The first-order valence-corrected chi connectivity index (χ1v) is 9.02. The smallest absolute Gasteiger partial charge is 0.341 e. The van der Waals surface area contributed by atoms with Crippen LogP contribution in [0.25, 0.3) is 0 Å². The van der Waals surface area contributed by atoms with Crippen molar-refractivity contribution in [1.29, 1.82) is 0 Å². The van der Waals surface area contributed by atoms with Crippen molar-refractivity contribution in [2.75, 3.05) is 33.3 Å². The van der Waals surface area contributed by atoms with E-state index in [2.05, 4.69) is 27.4 Å². The lowest BCUT2D eigenvalue weighted by Gasteiger charge is -2.23. The molecule has 0 amide bonds. The predicted molar refractivity (Wildman–Crippen MR) is 113 cm³/mol. The number of aryl methyl sites for hydroxylation is 1. The number of carbonyl (C=O) groups is 1. The number of nitrogens with one attached hydrogen (secondary N) is 2. The quantitative estimate of drug-likeness (QED) is 0.272. The van der Waals surface area contributed by atoms with E-state index in [0.29, 0.717) is 29.7 Å². The number of halogens is 1. The molecule has 1 aliphatic rings. The van der Waals surface area contributed by atoms with Gasteiger partial charge in [-0.2, -0.15) is 0 Å². The number of aliphatic imine (C=N–C) groups is 1. The molecule has 26 heavy (non-hydrogen) atoms. The molecule has 1 aromatic heterocycles. The van der Waals surface area contributed by atoms with Crippen molar-refractivity contribution in [1.82, 2.24) is 15.5 Å². The Morgan fingerprint density at radius 3 is 2.85 bits per heavy atom. The topological polar surface area (TPSA) is 79.1 Å². The van der Waals surface area contributed by atoms with Gasteiger partial charge in [-0.05, 0) is 45.8 Å². The molecule has 7 nitrogen and oxygen atoms in total. The SMILES string of the molecule is CCNC(=NCc1cc(C(=O)OC)c(C)o1)NCC1CCCN1CC.I. The standard InChI is InChI=1S/C18H30N4O3.HI/c1-5-19-18(20-11-14-8-7-9-22(14)6-2)21-12-15-10-16(13(3)25-15)17(23)24-4;/h10,14H,5-9,11-12H2,1-4H3,(H2,19,20,21);1H. The van der Waals surface area contributed by atoms with Gasteiger partial charge >= 0.3 is 5.97 Å². The molecule has 1 atom stereocenters. The second kappa shape index (κ2) is 11.4. The second-order valence-electron chi connectivity index (χ2n) is 6.17. The summed E-state index contributed by atoms with van der Waals surface area (Å²) in [5, 5.41) is 6.67. The minimum Gasteiger partial charge on any atom is -0.465 e. The van der Waals surface area contributed by atoms with E-state index in [1.165, 1.54) is 26.5 Å². The van der Waals surface area contributed by atoms with Crippen molar-refractivity contribution in [2.24, 2.45) is 4.99 Å². The van der Waals surface area contributed by atoms with Crippen LogP contribution in [0.4, 0.5) is 0 Å². The van der Waals surface area contributed by atoms with Gasteiger partial charge in [0.2, 0.25) is 0 Å². The lowest BCUT2D eigenvalue weighted by atomic mass is 10.2. The van der Waals surface area contributed by atoms with Crippen LogP contribution >= 0.6 is 24.0 Å². The van der Waals surface area contributed by atoms with Crippen LogP contribution in [0.3, 0.4) is 0 Å². The van der Waals surface area contributed by atoms with Crippen molar-refractivity contribution in [2.45, 2.75) is 46.2 Å². The van der Waals surface area contributed by atoms with Crippen LogP contribution in [0.15, 0.2) is 15.5 Å². The van der Waals surface area contributed by atoms with Crippen LogP contribution in [0, 0.1) is 6.92 Å². The maximum atomic E-state index is 11.6. The van der Waals surface area contributed by atoms with Gasteiger partial charge in [0.1, 0.15) is 23.6 Å². The van der Waals surface area contributed by atoms with Crippen molar-refractivity contribution in [3.8, 4) is 0 Å². The molecule has 2 N–H and O–H groups in total. The van der Waals surface area contributed by atoms with Crippen LogP contribution < -0.4 is 10.6 Å². The van der Waals surface area contributed by atoms with Gasteiger partial charge < -0.3 is 19.8 Å². The summed E-state index contributed by atoms with van der Waals surface area (Å²) in [5.41, 5.74) is 0.454. The lowest BCUT2D eigenvalue weighted by molar-refractivity contribution is 0.0599. The van der Waals surface area contributed by atoms with Gasteiger partial charge in [0.25, 0.3) is 0 Å². The molecule has 0 aromatic carbocycles. The van der Waals surface area contributed by atoms with E-state index in [1.807, 2.05) is 6.92 Å². The van der Waals surface area contributed by atoms with Crippen molar-refractivity contribution in [3.63, 3.8) is 0 Å². The molecule has 0 radical (unpaired) electrons. The minimum atomic E-state index is -0.387. The van der Waals surface area contributed by atoms with Crippen molar-refractivity contribution >= 4 is 35.9 Å². The first-order valence-electron chi connectivity index (χ1n) is 9.02. The number of methoxy groups -OCH3 is 1. The molecule has 1 aromatic rings. The Kier molecular flexibility index (Phi) is 10.0. The maximum Gasteiger partial charge on any atom is 0.341 e. The van der Waals surface area contributed by atoms with Gasteiger partial charge in [-0.15, -0.1) is 24.0 Å². The number of likely N-dealkylation sites (tertiary alicyclic amines) is 1. The minimum absolute atomic E-state index is 0. The molecule has 0 saturated carbocycles. The van der Waals surface area contributed by atoms with Gasteiger partial charge in [-0.1, -0.05) is 6.92 Å². The molecular formula is C18H31IN4O3. The fourth-order valence-electron chi connectivity index (χ4n) is 3.19. The normalized spacial score (nSPS) is 17.7. The van der Waals surface area contributed by atoms with Crippen molar-refractivity contribution < 1.29 is 13.9 Å². The zero-order valence-electron chi connectivity index (χ0n) is 16.1. The highest BCUT2D eigenvalue weighted by molar-refractivity contribution is 14.0. The molecule has 2 rings (SSSR count). The fourth-order valence-corrected chi connectivity index (χ4v) is 3.19. The number of rotatable bonds is 7. The van der Waals surface area contributed by atoms with Crippen molar-refractivity contribution in [3.05, 3.63) is 23.2 Å². The summed E-state index contributed by atoms with van der Waals surface area (Å²) < 4.78 is 10.4. The summed E-state index contributed by atoms with van der Waals surface area (Å²) in [7, 11) is 1.36. The molecule has 2 heterocycles. The highest BCUT2D eigenvalue weighted by Gasteiger charge is 2.22. The zero-order chi connectivity index (χ0) is 18.2. The van der Waals surface area contributed by atoms with E-state index in [4.69, 9.17) is 9.15 Å². The lowest BCUT2D eigenvalue weighted by Crippen LogP contribution is -2.44. The third-order valence-corrected chi connectivity index (χ3v) is 4.52. The molecule has 148 valence electrons. The predicted octanol–water partition coefficient (Wildman–Crippen LogP) is 2.53. The Morgan fingerprint density at radius 1 is 1.42 bits per heavy atom. The average Bonchev–Trinajstić information content (AvgIpc) is 3.22. The fraction of sp³-hybridized carbons (Fsp3) is 0.667. The van der Waals surface area contributed by atoms with Gasteiger partial charge in [0, 0.05) is 19.1 Å². The summed E-state index contributed by atoms with van der Waals surface area (Å²) >= 11 is 0. The number of carbonyl (C=O) groups excluding carboxylic acids is 1. The first kappa shape index (κ1) is 22.8. The summed E-state index contributed by atoms with van der Waals surface area (Å²) in [6.07, 6.45) is 2.48. The van der Waals surface area contributed by atoms with E-state index in [-0.39, 0.29) is 29.9 Å². The first-order chi connectivity index (χ1) is 12.1. The average molecular weight is 478 g/mol. The third kappa shape index (κ3) is 6.15. The number of hydrogen-bond acceptors (Lipinski definition) is 5. The monoisotopic (exact) mass is 478 g/mol. The molecule has 0 aliphatic carbocycles. The Hall–Kier alpha value is -1.29. The van der Waals surface area contributed by atoms with E-state index in [9.17, 15) is 4.79 Å². The molecule has 0 bridgehead atoms. The van der Waals surface area contributed by atoms with Crippen LogP contribution in [-0.4, -0.2) is 56.2 Å². The van der Waals surface area contributed by atoms with Crippen LogP contribution in [-0.2, 0) is 11.3 Å². The number of furan rings is 1. The van der Waals surface area contributed by atoms with E-state index in [0.717, 1.165) is 25.6 Å². The van der Waals surface area contributed by atoms with E-state index < -0.39 is 0 Å². The number of guanidine groups is 1. The molecule has 1 unspecified atom stereocenters. The maximum absolute atomic E-state index is 11.6. The highest BCUT2D eigenvalue weighted by atomic mass is 127. The summed E-state index contributed by atoms with van der Waals surface area (Å²) in [6.45, 7) is 10.3. The third-order valence-electron chi connectivity index (χ3n) is 4.52. The number of nitrogens with zero attached hydrogens (tertiary/aromatic N) is 2. The number of hydrogen-bond donors (Lipinski definition) is 2. The molecule has 8 heteroatoms. The molecule has 1 fully saturated rings. The molecule has 0 spiro atoms. The zero-order valence-corrected chi connectivity index (χ0v) is 18.5. The van der Waals surface area contributed by atoms with Gasteiger partial charge in [-0.3, -0.25) is 4.90 Å². The van der Waals surface area contributed by atoms with E-state index >= 15 is 0 Å². The Balaban J connectivity index is 0.00000338. The Bertz CT molecular complexity index is 603. The summed E-state index contributed by atoms with van der Waals surface area (Å²) in [4.78, 5) is 18.7.